The highest BCUT2D eigenvalue weighted by atomic mass is 35.5. The van der Waals surface area contributed by atoms with Crippen molar-refractivity contribution < 1.29 is 23.9 Å². The first-order valence-electron chi connectivity index (χ1n) is 11.1. The Balaban J connectivity index is 1.76. The van der Waals surface area contributed by atoms with E-state index in [1.807, 2.05) is 19.1 Å². The molecule has 1 aliphatic heterocycles. The summed E-state index contributed by atoms with van der Waals surface area (Å²) in [4.78, 5) is 54.0. The van der Waals surface area contributed by atoms with Gasteiger partial charge in [-0.05, 0) is 55.7 Å². The van der Waals surface area contributed by atoms with Crippen molar-refractivity contribution in [3.05, 3.63) is 76.8 Å². The predicted octanol–water partition coefficient (Wildman–Crippen LogP) is 4.17. The van der Waals surface area contributed by atoms with Gasteiger partial charge < -0.3 is 4.74 Å². The van der Waals surface area contributed by atoms with Crippen molar-refractivity contribution in [3.8, 4) is 5.75 Å². The van der Waals surface area contributed by atoms with Gasteiger partial charge in [0.15, 0.2) is 5.78 Å². The molecular formula is C26H25ClN2O5. The van der Waals surface area contributed by atoms with Crippen LogP contribution in [0.4, 0.5) is 0 Å². The Morgan fingerprint density at radius 2 is 1.76 bits per heavy atom. The largest absolute Gasteiger partial charge is 0.497 e. The van der Waals surface area contributed by atoms with E-state index in [1.165, 1.54) is 20.1 Å². The number of ketones is 1. The highest BCUT2D eigenvalue weighted by molar-refractivity contribution is 6.34. The zero-order valence-corrected chi connectivity index (χ0v) is 19.9. The van der Waals surface area contributed by atoms with Crippen LogP contribution < -0.4 is 4.74 Å². The summed E-state index contributed by atoms with van der Waals surface area (Å²) in [7, 11) is 1.52. The quantitative estimate of drug-likeness (QED) is 0.352. The lowest BCUT2D eigenvalue weighted by molar-refractivity contribution is -0.156. The van der Waals surface area contributed by atoms with E-state index < -0.39 is 41.4 Å². The Bertz CT molecular complexity index is 1180. The minimum atomic E-state index is -1.14. The minimum absolute atomic E-state index is 0.0974. The second-order valence-electron chi connectivity index (χ2n) is 8.54. The van der Waals surface area contributed by atoms with Crippen LogP contribution in [-0.4, -0.2) is 46.7 Å². The van der Waals surface area contributed by atoms with Gasteiger partial charge in [-0.2, -0.15) is 5.01 Å². The number of nitrogens with zero attached hydrogens (tertiary/aromatic N) is 2. The summed E-state index contributed by atoms with van der Waals surface area (Å²) in [5, 5.41) is 2.01. The molecule has 7 nitrogen and oxygen atoms in total. The molecule has 0 N–H and O–H groups in total. The van der Waals surface area contributed by atoms with E-state index in [1.54, 1.807) is 42.5 Å². The molecule has 2 aromatic rings. The van der Waals surface area contributed by atoms with Crippen molar-refractivity contribution >= 4 is 35.1 Å². The number of allylic oxidation sites excluding steroid dienone is 2. The SMILES string of the molecule is COc1ccc(C(=O)[C@H](C)N(C(=O)c2ccccc2Cl)N2C(=O)[C@H]3[C@@H](C)C=CC[C@H]3C2=O)cc1. The summed E-state index contributed by atoms with van der Waals surface area (Å²) in [6, 6.07) is 11.6. The average Bonchev–Trinajstić information content (AvgIpc) is 3.10. The van der Waals surface area contributed by atoms with Crippen LogP contribution in [0.5, 0.6) is 5.75 Å². The number of hydrogen-bond donors (Lipinski definition) is 0. The fourth-order valence-corrected chi connectivity index (χ4v) is 4.87. The van der Waals surface area contributed by atoms with E-state index in [0.717, 1.165) is 10.0 Å². The molecule has 0 saturated carbocycles. The van der Waals surface area contributed by atoms with Crippen molar-refractivity contribution in [3.63, 3.8) is 0 Å². The molecule has 0 radical (unpaired) electrons. The molecule has 3 amide bonds. The monoisotopic (exact) mass is 480 g/mol. The molecule has 0 unspecified atom stereocenters. The summed E-state index contributed by atoms with van der Waals surface area (Å²) < 4.78 is 5.15. The van der Waals surface area contributed by atoms with Crippen LogP contribution in [-0.2, 0) is 9.59 Å². The number of Topliss-reactive ketones (excluding diaryl/α,β-unsaturated/α-hetero) is 1. The van der Waals surface area contributed by atoms with Gasteiger partial charge in [0.1, 0.15) is 11.8 Å². The van der Waals surface area contributed by atoms with Gasteiger partial charge in [0.25, 0.3) is 17.7 Å². The van der Waals surface area contributed by atoms with Gasteiger partial charge in [-0.1, -0.05) is 42.8 Å². The van der Waals surface area contributed by atoms with Crippen LogP contribution in [0.1, 0.15) is 41.0 Å². The number of fused-ring (bicyclic) bond motifs is 1. The number of methoxy groups -OCH3 is 1. The van der Waals surface area contributed by atoms with Gasteiger partial charge >= 0.3 is 0 Å². The second-order valence-corrected chi connectivity index (χ2v) is 8.95. The molecule has 1 saturated heterocycles. The van der Waals surface area contributed by atoms with Crippen LogP contribution in [0, 0.1) is 17.8 Å². The standard InChI is InChI=1S/C26H25ClN2O5/c1-15-7-6-9-20-22(15)26(33)29(25(20)32)28(24(31)19-8-4-5-10-21(19)27)16(2)23(30)17-11-13-18(34-3)14-12-17/h4-8,10-16,20,22H,9H2,1-3H3/t15-,16-,20+,22-/m0/s1. The van der Waals surface area contributed by atoms with Crippen LogP contribution in [0.25, 0.3) is 0 Å². The van der Waals surface area contributed by atoms with E-state index in [9.17, 15) is 19.2 Å². The van der Waals surface area contributed by atoms with Crippen LogP contribution in [0.2, 0.25) is 5.02 Å². The zero-order chi connectivity index (χ0) is 24.6. The van der Waals surface area contributed by atoms with Gasteiger partial charge in [-0.3, -0.25) is 19.2 Å². The number of halogens is 1. The number of amides is 3. The first kappa shape index (κ1) is 23.7. The summed E-state index contributed by atoms with van der Waals surface area (Å²) in [6.45, 7) is 3.37. The highest BCUT2D eigenvalue weighted by Crippen LogP contribution is 2.40. The first-order valence-corrected chi connectivity index (χ1v) is 11.4. The van der Waals surface area contributed by atoms with Gasteiger partial charge in [-0.15, -0.1) is 0 Å². The molecule has 4 atom stereocenters. The highest BCUT2D eigenvalue weighted by Gasteiger charge is 2.54. The fraction of sp³-hybridized carbons (Fsp3) is 0.308. The van der Waals surface area contributed by atoms with Gasteiger partial charge in [0.05, 0.1) is 29.5 Å². The van der Waals surface area contributed by atoms with E-state index in [-0.39, 0.29) is 16.5 Å². The number of hydrazine groups is 1. The predicted molar refractivity (Wildman–Crippen MR) is 126 cm³/mol. The van der Waals surface area contributed by atoms with Crippen LogP contribution in [0.15, 0.2) is 60.7 Å². The normalized spacial score (nSPS) is 22.4. The summed E-state index contributed by atoms with van der Waals surface area (Å²) >= 11 is 6.28. The molecule has 8 heteroatoms. The maximum absolute atomic E-state index is 13.7. The molecule has 0 bridgehead atoms. The number of carbonyl (C=O) groups excluding carboxylic acids is 4. The van der Waals surface area contributed by atoms with Crippen molar-refractivity contribution in [2.75, 3.05) is 7.11 Å². The van der Waals surface area contributed by atoms with E-state index in [4.69, 9.17) is 16.3 Å². The third-order valence-corrected chi connectivity index (χ3v) is 6.83. The Morgan fingerprint density at radius 1 is 1.09 bits per heavy atom. The molecule has 1 aliphatic carbocycles. The number of carbonyl (C=O) groups is 4. The van der Waals surface area contributed by atoms with Gasteiger partial charge in [0.2, 0.25) is 0 Å². The van der Waals surface area contributed by atoms with E-state index in [2.05, 4.69) is 0 Å². The lowest BCUT2D eigenvalue weighted by Gasteiger charge is -2.35. The zero-order valence-electron chi connectivity index (χ0n) is 19.1. The molecule has 4 rings (SSSR count). The lowest BCUT2D eigenvalue weighted by Crippen LogP contribution is -2.56. The Morgan fingerprint density at radius 3 is 2.38 bits per heavy atom. The smallest absolute Gasteiger partial charge is 0.275 e. The van der Waals surface area contributed by atoms with Gasteiger partial charge in [-0.25, -0.2) is 5.01 Å². The third-order valence-electron chi connectivity index (χ3n) is 6.50. The number of benzene rings is 2. The summed E-state index contributed by atoms with van der Waals surface area (Å²) in [6.07, 6.45) is 4.19. The van der Waals surface area contributed by atoms with Gasteiger partial charge in [0, 0.05) is 5.56 Å². The Hall–Kier alpha value is -3.45. The number of ether oxygens (including phenoxy) is 1. The summed E-state index contributed by atoms with van der Waals surface area (Å²) in [5.41, 5.74) is 0.414. The molecule has 1 fully saturated rings. The Kier molecular flexibility index (Phi) is 6.57. The number of imide groups is 1. The van der Waals surface area contributed by atoms with Crippen molar-refractivity contribution in [1.29, 1.82) is 0 Å². The maximum Gasteiger partial charge on any atom is 0.275 e. The maximum atomic E-state index is 13.7. The molecule has 1 heterocycles. The van der Waals surface area contributed by atoms with Crippen molar-refractivity contribution in [2.45, 2.75) is 26.3 Å². The molecule has 0 aromatic heterocycles. The minimum Gasteiger partial charge on any atom is -0.497 e. The second kappa shape index (κ2) is 9.43. The molecule has 176 valence electrons. The summed E-state index contributed by atoms with van der Waals surface area (Å²) in [5.74, 6) is -2.83. The van der Waals surface area contributed by atoms with E-state index >= 15 is 0 Å². The lowest BCUT2D eigenvalue weighted by atomic mass is 9.78. The molecule has 0 spiro atoms. The van der Waals surface area contributed by atoms with E-state index in [0.29, 0.717) is 17.7 Å². The molecule has 34 heavy (non-hydrogen) atoms. The third kappa shape index (κ3) is 4.01. The first-order chi connectivity index (χ1) is 16.3. The Labute approximate surface area is 202 Å². The van der Waals surface area contributed by atoms with Crippen LogP contribution in [0.3, 0.4) is 0 Å². The molecule has 2 aliphatic rings. The van der Waals surface area contributed by atoms with Crippen LogP contribution >= 0.6 is 11.6 Å². The number of hydrogen-bond acceptors (Lipinski definition) is 5. The molecular weight excluding hydrogens is 456 g/mol. The number of rotatable bonds is 6. The average molecular weight is 481 g/mol. The molecule has 2 aromatic carbocycles. The van der Waals surface area contributed by atoms with Crippen molar-refractivity contribution in [2.24, 2.45) is 17.8 Å². The fourth-order valence-electron chi connectivity index (χ4n) is 4.65. The van der Waals surface area contributed by atoms with Crippen molar-refractivity contribution in [1.82, 2.24) is 10.0 Å². The topological polar surface area (TPSA) is 84.0 Å².